The minimum absolute atomic E-state index is 0. The minimum atomic E-state index is -3.37. The van der Waals surface area contributed by atoms with Gasteiger partial charge in [-0.2, -0.15) is 9.66 Å². The van der Waals surface area contributed by atoms with Crippen molar-refractivity contribution in [3.63, 3.8) is 0 Å². The predicted octanol–water partition coefficient (Wildman–Crippen LogP) is -0.160. The molecular weight excluding hydrogens is 243 g/mol. The van der Waals surface area contributed by atoms with E-state index < -0.39 is 10.0 Å². The van der Waals surface area contributed by atoms with E-state index in [2.05, 4.69) is 17.0 Å². The molecule has 0 spiro atoms. The summed E-state index contributed by atoms with van der Waals surface area (Å²) >= 11 is 4.72. The molecule has 0 atom stereocenters. The van der Waals surface area contributed by atoms with Crippen LogP contribution in [-0.4, -0.2) is 76.2 Å². The Morgan fingerprint density at radius 3 is 2.58 bits per heavy atom. The van der Waals surface area contributed by atoms with E-state index >= 15 is 0 Å². The Morgan fingerprint density at radius 2 is 2.25 bits per heavy atom. The van der Waals surface area contributed by atoms with Gasteiger partial charge < -0.3 is 0 Å². The van der Waals surface area contributed by atoms with Crippen LogP contribution >= 0.6 is 24.4 Å². The van der Waals surface area contributed by atoms with Crippen molar-refractivity contribution in [1.82, 2.24) is 0 Å². The van der Waals surface area contributed by atoms with Crippen LogP contribution in [0.1, 0.15) is 0 Å². The maximum absolute atomic E-state index is 10.5. The molecule has 0 aliphatic rings. The first-order valence-electron chi connectivity index (χ1n) is 2.44. The number of sulfonamides is 1. The van der Waals surface area contributed by atoms with Crippen molar-refractivity contribution in [1.29, 1.82) is 5.26 Å². The van der Waals surface area contributed by atoms with Crippen LogP contribution in [0.4, 0.5) is 0 Å². The van der Waals surface area contributed by atoms with E-state index in [-0.39, 0.29) is 61.5 Å². The van der Waals surface area contributed by atoms with Crippen LogP contribution in [0.5, 0.6) is 0 Å². The summed E-state index contributed by atoms with van der Waals surface area (Å²) in [6.07, 6.45) is 0.968. The first-order valence-corrected chi connectivity index (χ1v) is 5.72. The molecule has 8 heteroatoms. The van der Waals surface area contributed by atoms with Crippen molar-refractivity contribution < 1.29 is 8.42 Å². The van der Waals surface area contributed by atoms with E-state index in [1.165, 1.54) is 0 Å². The molecular formula is C4H7KN2O2S3. The third-order valence-electron chi connectivity index (χ3n) is 0.510. The molecule has 0 amide bonds. The normalized spacial score (nSPS) is 11.6. The van der Waals surface area contributed by atoms with Gasteiger partial charge in [-0.3, -0.25) is 0 Å². The summed E-state index contributed by atoms with van der Waals surface area (Å²) in [6, 6.07) is 1.82. The molecule has 0 rings (SSSR count). The topological polar surface area (TPSA) is 70.3 Å². The molecule has 4 nitrogen and oxygen atoms in total. The third-order valence-corrected chi connectivity index (χ3v) is 2.39. The first kappa shape index (κ1) is 15.9. The van der Waals surface area contributed by atoms with Gasteiger partial charge in [-0.05, 0) is 0 Å². The van der Waals surface area contributed by atoms with Crippen LogP contribution in [0.25, 0.3) is 0 Å². The molecule has 0 N–H and O–H groups in total. The van der Waals surface area contributed by atoms with Crippen molar-refractivity contribution in [3.8, 4) is 6.07 Å². The van der Waals surface area contributed by atoms with E-state index in [1.54, 1.807) is 0 Å². The summed E-state index contributed by atoms with van der Waals surface area (Å²) in [6.45, 7) is 0. The van der Waals surface area contributed by atoms with Crippen molar-refractivity contribution in [2.45, 2.75) is 0 Å². The molecule has 0 aromatic rings. The van der Waals surface area contributed by atoms with E-state index in [4.69, 9.17) is 5.26 Å². The van der Waals surface area contributed by atoms with Crippen LogP contribution in [0.3, 0.4) is 0 Å². The average molecular weight is 250 g/mol. The van der Waals surface area contributed by atoms with Crippen molar-refractivity contribution in [2.75, 3.05) is 12.0 Å². The second-order valence-corrected chi connectivity index (χ2v) is 4.89. The van der Waals surface area contributed by atoms with Gasteiger partial charge in [0.1, 0.15) is 4.38 Å². The molecule has 0 fully saturated rings. The standard InChI is InChI=1S/C4H6N2O2S3.K.H/c1-11(7,8)6-4(9)10-3-2-5;;/h3H2,1H3,(H,6,9);;. The molecule has 0 aromatic carbocycles. The van der Waals surface area contributed by atoms with Gasteiger partial charge in [-0.15, -0.1) is 12.6 Å². The van der Waals surface area contributed by atoms with E-state index in [0.717, 1.165) is 18.0 Å². The van der Waals surface area contributed by atoms with Crippen LogP contribution in [0.2, 0.25) is 0 Å². The summed E-state index contributed by atoms with van der Waals surface area (Å²) in [5, 5.41) is 8.10. The molecule has 0 saturated heterocycles. The van der Waals surface area contributed by atoms with Crippen LogP contribution in [0.15, 0.2) is 4.40 Å². The Kier molecular flexibility index (Phi) is 10.4. The van der Waals surface area contributed by atoms with Gasteiger partial charge in [0.05, 0.1) is 18.1 Å². The van der Waals surface area contributed by atoms with Gasteiger partial charge in [-0.1, -0.05) is 11.8 Å². The maximum atomic E-state index is 10.5. The average Bonchev–Trinajstić information content (AvgIpc) is 1.79. The van der Waals surface area contributed by atoms with Gasteiger partial charge in [0.15, 0.2) is 0 Å². The molecule has 0 aliphatic carbocycles. The zero-order valence-corrected chi connectivity index (χ0v) is 8.21. The van der Waals surface area contributed by atoms with Gasteiger partial charge in [0, 0.05) is 0 Å². The number of rotatable bonds is 2. The molecule has 0 bridgehead atoms. The van der Waals surface area contributed by atoms with Crippen LogP contribution in [-0.2, 0) is 10.0 Å². The van der Waals surface area contributed by atoms with Gasteiger partial charge >= 0.3 is 51.4 Å². The molecule has 0 radical (unpaired) electrons. The second kappa shape index (κ2) is 7.81. The van der Waals surface area contributed by atoms with Crippen LogP contribution in [0, 0.1) is 11.3 Å². The third kappa shape index (κ3) is 11.4. The number of thioether (sulfide) groups is 1. The SMILES string of the molecule is CS(=O)(=O)/N=C(/S)SCC#N.[KH]. The number of hydrogen-bond acceptors (Lipinski definition) is 4. The van der Waals surface area contributed by atoms with Crippen molar-refractivity contribution in [2.24, 2.45) is 4.40 Å². The summed E-state index contributed by atoms with van der Waals surface area (Å²) < 4.78 is 24.2. The Bertz CT molecular complexity index is 292. The fourth-order valence-electron chi connectivity index (χ4n) is 0.265. The zero-order valence-electron chi connectivity index (χ0n) is 5.68. The number of nitrogens with zero attached hydrogens (tertiary/aromatic N) is 2. The van der Waals surface area contributed by atoms with E-state index in [0.29, 0.717) is 0 Å². The number of hydrogen-bond donors (Lipinski definition) is 1. The Hall–Kier alpha value is 1.45. The van der Waals surface area contributed by atoms with E-state index in [9.17, 15) is 8.42 Å². The van der Waals surface area contributed by atoms with Gasteiger partial charge in [0.2, 0.25) is 0 Å². The molecule has 0 saturated carbocycles. The first-order chi connectivity index (χ1) is 4.95. The van der Waals surface area contributed by atoms with Gasteiger partial charge in [-0.25, -0.2) is 8.42 Å². The Balaban J connectivity index is 0. The summed E-state index contributed by atoms with van der Waals surface area (Å²) in [7, 11) is -3.37. The number of nitriles is 1. The molecule has 64 valence electrons. The molecule has 0 unspecified atom stereocenters. The second-order valence-electron chi connectivity index (χ2n) is 1.55. The van der Waals surface area contributed by atoms with Gasteiger partial charge in [0.25, 0.3) is 10.0 Å². The molecule has 12 heavy (non-hydrogen) atoms. The molecule has 0 aromatic heterocycles. The quantitative estimate of drug-likeness (QED) is 0.320. The predicted molar refractivity (Wildman–Crippen MR) is 56.5 cm³/mol. The summed E-state index contributed by atoms with van der Waals surface area (Å²) in [5.41, 5.74) is 0. The molecule has 0 heterocycles. The Morgan fingerprint density at radius 1 is 1.75 bits per heavy atom. The monoisotopic (exact) mass is 250 g/mol. The fraction of sp³-hybridized carbons (Fsp3) is 0.500. The van der Waals surface area contributed by atoms with Crippen LogP contribution < -0.4 is 0 Å². The Labute approximate surface area is 124 Å². The zero-order chi connectivity index (χ0) is 8.91. The van der Waals surface area contributed by atoms with E-state index in [1.807, 2.05) is 6.07 Å². The van der Waals surface area contributed by atoms with Crippen molar-refractivity contribution in [3.05, 3.63) is 0 Å². The summed E-state index contributed by atoms with van der Waals surface area (Å²) in [4.78, 5) is 0. The fourth-order valence-corrected chi connectivity index (χ4v) is 2.00. The molecule has 0 aliphatic heterocycles. The van der Waals surface area contributed by atoms with Crippen molar-refractivity contribution >= 4 is 90.2 Å². The summed E-state index contributed by atoms with van der Waals surface area (Å²) in [5.74, 6) is 0.151. The number of thiol groups is 1.